The average Bonchev–Trinajstić information content (AvgIpc) is 2.97. The quantitative estimate of drug-likeness (QED) is 0.674. The fraction of sp³-hybridized carbons (Fsp3) is 0.263. The zero-order valence-electron chi connectivity index (χ0n) is 12.3. The monoisotopic (exact) mass is 313 g/mol. The molecule has 0 unspecified atom stereocenters. The van der Waals surface area contributed by atoms with Crippen molar-refractivity contribution in [2.75, 3.05) is 5.32 Å². The zero-order valence-corrected chi connectivity index (χ0v) is 13.1. The highest BCUT2D eigenvalue weighted by Crippen LogP contribution is 2.51. The van der Waals surface area contributed by atoms with Gasteiger partial charge >= 0.3 is 0 Å². The van der Waals surface area contributed by atoms with Crippen LogP contribution in [0.25, 0.3) is 0 Å². The molecule has 1 aliphatic carbocycles. The molecule has 0 fully saturated rings. The minimum Gasteiger partial charge on any atom is -0.378 e. The normalized spacial score (nSPS) is 25.5. The van der Waals surface area contributed by atoms with Gasteiger partial charge in [-0.3, -0.25) is 0 Å². The van der Waals surface area contributed by atoms with Gasteiger partial charge in [0.1, 0.15) is 5.82 Å². The molecular formula is C19H17ClFN. The summed E-state index contributed by atoms with van der Waals surface area (Å²) in [5.74, 6) is 0.409. The predicted molar refractivity (Wildman–Crippen MR) is 88.9 cm³/mol. The fourth-order valence-electron chi connectivity index (χ4n) is 3.81. The Morgan fingerprint density at radius 2 is 2.09 bits per heavy atom. The second-order valence-electron chi connectivity index (χ2n) is 6.20. The minimum absolute atomic E-state index is 0.0936. The third kappa shape index (κ3) is 2.05. The summed E-state index contributed by atoms with van der Waals surface area (Å²) < 4.78 is 14.4. The van der Waals surface area contributed by atoms with Crippen LogP contribution in [0.5, 0.6) is 0 Å². The summed E-state index contributed by atoms with van der Waals surface area (Å²) in [7, 11) is 0. The third-order valence-corrected chi connectivity index (χ3v) is 5.16. The maximum absolute atomic E-state index is 14.4. The molecule has 1 nitrogen and oxygen atoms in total. The smallest absolute Gasteiger partial charge is 0.129 e. The van der Waals surface area contributed by atoms with Crippen molar-refractivity contribution in [2.45, 2.75) is 25.3 Å². The van der Waals surface area contributed by atoms with Gasteiger partial charge in [-0.1, -0.05) is 47.5 Å². The van der Waals surface area contributed by atoms with E-state index in [-0.39, 0.29) is 11.9 Å². The first-order chi connectivity index (χ1) is 10.6. The van der Waals surface area contributed by atoms with Gasteiger partial charge in [0.2, 0.25) is 0 Å². The summed E-state index contributed by atoms with van der Waals surface area (Å²) in [5.41, 5.74) is 4.24. The van der Waals surface area contributed by atoms with Gasteiger partial charge in [-0.25, -0.2) is 4.39 Å². The van der Waals surface area contributed by atoms with Crippen LogP contribution < -0.4 is 5.32 Å². The number of anilines is 1. The van der Waals surface area contributed by atoms with Gasteiger partial charge in [0.25, 0.3) is 0 Å². The lowest BCUT2D eigenvalue weighted by molar-refractivity contribution is 0.413. The Hall–Kier alpha value is -1.80. The van der Waals surface area contributed by atoms with Crippen LogP contribution in [-0.2, 0) is 0 Å². The first-order valence-electron chi connectivity index (χ1n) is 7.63. The third-order valence-electron chi connectivity index (χ3n) is 4.83. The highest BCUT2D eigenvalue weighted by atomic mass is 35.5. The highest BCUT2D eigenvalue weighted by molar-refractivity contribution is 6.31. The summed E-state index contributed by atoms with van der Waals surface area (Å²) in [6, 6.07) is 11.2. The largest absolute Gasteiger partial charge is 0.378 e. The van der Waals surface area contributed by atoms with Gasteiger partial charge in [0.15, 0.2) is 0 Å². The molecule has 1 aliphatic heterocycles. The van der Waals surface area contributed by atoms with E-state index in [0.717, 1.165) is 12.1 Å². The van der Waals surface area contributed by atoms with Crippen molar-refractivity contribution in [2.24, 2.45) is 5.92 Å². The van der Waals surface area contributed by atoms with Crippen LogP contribution in [0.4, 0.5) is 10.1 Å². The number of halogens is 2. The van der Waals surface area contributed by atoms with Crippen LogP contribution >= 0.6 is 11.6 Å². The molecule has 2 aliphatic rings. The second-order valence-corrected chi connectivity index (χ2v) is 6.61. The lowest BCUT2D eigenvalue weighted by atomic mass is 9.76. The standard InChI is InChI=1S/C19H17ClFN/c1-11-8-9-17-14(10-11)12-4-2-5-13(12)19(22-17)18-15(20)6-3-7-16(18)21/h2-4,6-10,12-13,19,22H,5H2,1H3/t12-,13+,19-/m1/s1. The van der Waals surface area contributed by atoms with Crippen molar-refractivity contribution in [1.82, 2.24) is 0 Å². The maximum atomic E-state index is 14.4. The van der Waals surface area contributed by atoms with Crippen LogP contribution in [0.2, 0.25) is 5.02 Å². The number of fused-ring (bicyclic) bond motifs is 3. The summed E-state index contributed by atoms with van der Waals surface area (Å²) >= 11 is 6.31. The molecule has 0 radical (unpaired) electrons. The Kier molecular flexibility index (Phi) is 3.23. The lowest BCUT2D eigenvalue weighted by Crippen LogP contribution is -2.30. The van der Waals surface area contributed by atoms with Gasteiger partial charge in [0, 0.05) is 22.2 Å². The number of hydrogen-bond acceptors (Lipinski definition) is 1. The molecule has 3 heteroatoms. The number of allylic oxidation sites excluding steroid dienone is 2. The van der Waals surface area contributed by atoms with Gasteiger partial charge < -0.3 is 5.32 Å². The Morgan fingerprint density at radius 1 is 1.23 bits per heavy atom. The van der Waals surface area contributed by atoms with Crippen molar-refractivity contribution in [3.8, 4) is 0 Å². The first-order valence-corrected chi connectivity index (χ1v) is 8.00. The minimum atomic E-state index is -0.230. The zero-order chi connectivity index (χ0) is 15.3. The predicted octanol–water partition coefficient (Wildman–Crippen LogP) is 5.61. The lowest BCUT2D eigenvalue weighted by Gasteiger charge is -2.38. The van der Waals surface area contributed by atoms with Crippen molar-refractivity contribution in [3.63, 3.8) is 0 Å². The molecule has 1 N–H and O–H groups in total. The number of aryl methyl sites for hydroxylation is 1. The van der Waals surface area contributed by atoms with Gasteiger partial charge in [-0.2, -0.15) is 0 Å². The van der Waals surface area contributed by atoms with Gasteiger partial charge in [0.05, 0.1) is 6.04 Å². The van der Waals surface area contributed by atoms with E-state index in [1.165, 1.54) is 17.2 Å². The van der Waals surface area contributed by atoms with Crippen molar-refractivity contribution < 1.29 is 4.39 Å². The Balaban J connectivity index is 1.85. The molecule has 3 atom stereocenters. The summed E-state index contributed by atoms with van der Waals surface area (Å²) in [5, 5.41) is 4.03. The molecule has 0 amide bonds. The first kappa shape index (κ1) is 13.8. The number of benzene rings is 2. The van der Waals surface area contributed by atoms with Crippen molar-refractivity contribution >= 4 is 17.3 Å². The number of rotatable bonds is 1. The molecule has 2 aromatic carbocycles. The number of nitrogens with one attached hydrogen (secondary N) is 1. The van der Waals surface area contributed by atoms with Crippen LogP contribution in [-0.4, -0.2) is 0 Å². The van der Waals surface area contributed by atoms with Crippen molar-refractivity contribution in [1.29, 1.82) is 0 Å². The van der Waals surface area contributed by atoms with Crippen LogP contribution in [0.1, 0.15) is 35.1 Å². The molecule has 0 aromatic heterocycles. The Labute approximate surface area is 134 Å². The molecule has 112 valence electrons. The molecule has 0 saturated heterocycles. The van der Waals surface area contributed by atoms with Crippen LogP contribution in [0, 0.1) is 18.7 Å². The van der Waals surface area contributed by atoms with E-state index in [0.29, 0.717) is 22.4 Å². The molecule has 2 aromatic rings. The number of hydrogen-bond donors (Lipinski definition) is 1. The molecule has 4 rings (SSSR count). The maximum Gasteiger partial charge on any atom is 0.129 e. The summed E-state index contributed by atoms with van der Waals surface area (Å²) in [6.45, 7) is 2.10. The molecular weight excluding hydrogens is 297 g/mol. The van der Waals surface area contributed by atoms with E-state index in [2.05, 4.69) is 42.6 Å². The van der Waals surface area contributed by atoms with E-state index in [4.69, 9.17) is 11.6 Å². The summed E-state index contributed by atoms with van der Waals surface area (Å²) in [6.07, 6.45) is 5.40. The van der Waals surface area contributed by atoms with E-state index in [1.807, 2.05) is 0 Å². The van der Waals surface area contributed by atoms with E-state index in [9.17, 15) is 4.39 Å². The molecule has 0 bridgehead atoms. The van der Waals surface area contributed by atoms with E-state index >= 15 is 0 Å². The topological polar surface area (TPSA) is 12.0 Å². The SMILES string of the molecule is Cc1ccc2c(c1)[C@@H]1C=CC[C@@H]1[C@H](c1c(F)cccc1Cl)N2. The van der Waals surface area contributed by atoms with E-state index in [1.54, 1.807) is 12.1 Å². The highest BCUT2D eigenvalue weighted by Gasteiger charge is 2.39. The fourth-order valence-corrected chi connectivity index (χ4v) is 4.09. The Morgan fingerprint density at radius 3 is 2.91 bits per heavy atom. The average molecular weight is 314 g/mol. The molecule has 0 spiro atoms. The molecule has 22 heavy (non-hydrogen) atoms. The molecule has 0 saturated carbocycles. The van der Waals surface area contributed by atoms with Crippen LogP contribution in [0.3, 0.4) is 0 Å². The Bertz CT molecular complexity index is 748. The summed E-state index contributed by atoms with van der Waals surface area (Å²) in [4.78, 5) is 0. The second kappa shape index (κ2) is 5.13. The van der Waals surface area contributed by atoms with Gasteiger partial charge in [-0.15, -0.1) is 0 Å². The van der Waals surface area contributed by atoms with Gasteiger partial charge in [-0.05, 0) is 43.0 Å². The van der Waals surface area contributed by atoms with E-state index < -0.39 is 0 Å². The van der Waals surface area contributed by atoms with Crippen molar-refractivity contribution in [3.05, 3.63) is 76.1 Å². The molecule has 1 heterocycles. The van der Waals surface area contributed by atoms with Crippen LogP contribution in [0.15, 0.2) is 48.6 Å².